The third-order valence-electron chi connectivity index (χ3n) is 1.75. The first-order valence-electron chi connectivity index (χ1n) is 3.90. The van der Waals surface area contributed by atoms with Crippen LogP contribution in [0.25, 0.3) is 0 Å². The van der Waals surface area contributed by atoms with Gasteiger partial charge >= 0.3 is 0 Å². The summed E-state index contributed by atoms with van der Waals surface area (Å²) in [6, 6.07) is 9.89. The molecule has 66 valence electrons. The van der Waals surface area contributed by atoms with Gasteiger partial charge in [0.1, 0.15) is 5.69 Å². The molecule has 0 saturated heterocycles. The van der Waals surface area contributed by atoms with Gasteiger partial charge in [-0.2, -0.15) is 4.37 Å². The van der Waals surface area contributed by atoms with E-state index in [2.05, 4.69) is 8.75 Å². The van der Waals surface area contributed by atoms with E-state index in [1.165, 1.54) is 0 Å². The Balaban J connectivity index is 2.20. The molecule has 1 aromatic carbocycles. The Morgan fingerprint density at radius 2 is 1.92 bits per heavy atom. The van der Waals surface area contributed by atoms with E-state index in [4.69, 9.17) is 0 Å². The average Bonchev–Trinajstić information content (AvgIpc) is 2.54. The zero-order chi connectivity index (χ0) is 9.10. The second kappa shape index (κ2) is 3.53. The molecule has 1 aromatic heterocycles. The minimum absolute atomic E-state index is 0.0499. The molecule has 0 amide bonds. The smallest absolute Gasteiger partial charge is 0.246 e. The molecule has 1 heterocycles. The number of benzene rings is 1. The zero-order valence-electron chi connectivity index (χ0n) is 6.84. The van der Waals surface area contributed by atoms with Crippen LogP contribution in [0.15, 0.2) is 30.3 Å². The standard InChI is InChI=1S/C9H8N2OS/c12-9-8(10-13-11-9)6-7-4-2-1-3-5-7/h1-5H,6H2,(H,11,12). The van der Waals surface area contributed by atoms with Gasteiger partial charge < -0.3 is 5.11 Å². The lowest BCUT2D eigenvalue weighted by Gasteiger charge is -1.96. The lowest BCUT2D eigenvalue weighted by Crippen LogP contribution is -1.87. The van der Waals surface area contributed by atoms with Gasteiger partial charge in [0.15, 0.2) is 0 Å². The van der Waals surface area contributed by atoms with Gasteiger partial charge in [-0.1, -0.05) is 30.3 Å². The van der Waals surface area contributed by atoms with E-state index in [-0.39, 0.29) is 5.88 Å². The molecule has 0 saturated carbocycles. The summed E-state index contributed by atoms with van der Waals surface area (Å²) in [5, 5.41) is 9.25. The Kier molecular flexibility index (Phi) is 2.23. The van der Waals surface area contributed by atoms with Gasteiger partial charge in [0, 0.05) is 6.42 Å². The van der Waals surface area contributed by atoms with Gasteiger partial charge in [0.25, 0.3) is 0 Å². The van der Waals surface area contributed by atoms with E-state index in [1.807, 2.05) is 30.3 Å². The monoisotopic (exact) mass is 192 g/mol. The molecule has 0 aliphatic carbocycles. The van der Waals surface area contributed by atoms with E-state index in [0.717, 1.165) is 17.3 Å². The fourth-order valence-electron chi connectivity index (χ4n) is 1.10. The summed E-state index contributed by atoms with van der Waals surface area (Å²) in [6.07, 6.45) is 0.642. The van der Waals surface area contributed by atoms with Crippen LogP contribution in [-0.4, -0.2) is 13.9 Å². The summed E-state index contributed by atoms with van der Waals surface area (Å²) in [5.74, 6) is 0.0499. The van der Waals surface area contributed by atoms with Crippen molar-refractivity contribution in [1.29, 1.82) is 0 Å². The summed E-state index contributed by atoms with van der Waals surface area (Å²) < 4.78 is 7.69. The largest absolute Gasteiger partial charge is 0.491 e. The van der Waals surface area contributed by atoms with Gasteiger partial charge in [-0.05, 0) is 5.56 Å². The van der Waals surface area contributed by atoms with Crippen molar-refractivity contribution in [2.75, 3.05) is 0 Å². The summed E-state index contributed by atoms with van der Waals surface area (Å²) in [6.45, 7) is 0. The highest BCUT2D eigenvalue weighted by Crippen LogP contribution is 2.16. The molecule has 0 bridgehead atoms. The van der Waals surface area contributed by atoms with Crippen molar-refractivity contribution in [2.45, 2.75) is 6.42 Å². The van der Waals surface area contributed by atoms with Gasteiger partial charge in [-0.25, -0.2) is 0 Å². The molecule has 2 aromatic rings. The normalized spacial score (nSPS) is 10.2. The second-order valence-corrected chi connectivity index (χ2v) is 3.23. The van der Waals surface area contributed by atoms with Crippen molar-refractivity contribution < 1.29 is 5.11 Å². The van der Waals surface area contributed by atoms with E-state index in [9.17, 15) is 5.11 Å². The van der Waals surface area contributed by atoms with Crippen LogP contribution in [0, 0.1) is 0 Å². The zero-order valence-corrected chi connectivity index (χ0v) is 7.66. The quantitative estimate of drug-likeness (QED) is 0.789. The first-order valence-corrected chi connectivity index (χ1v) is 4.63. The van der Waals surface area contributed by atoms with Crippen molar-refractivity contribution in [2.24, 2.45) is 0 Å². The fourth-order valence-corrected chi connectivity index (χ4v) is 1.57. The first kappa shape index (κ1) is 8.19. The predicted octanol–water partition coefficient (Wildman–Crippen LogP) is 1.83. The van der Waals surface area contributed by atoms with Crippen molar-refractivity contribution in [3.8, 4) is 5.88 Å². The summed E-state index contributed by atoms with van der Waals surface area (Å²) in [5.41, 5.74) is 1.78. The van der Waals surface area contributed by atoms with Crippen molar-refractivity contribution in [3.63, 3.8) is 0 Å². The Labute approximate surface area is 80.0 Å². The highest BCUT2D eigenvalue weighted by Gasteiger charge is 2.05. The Morgan fingerprint density at radius 3 is 2.54 bits per heavy atom. The summed E-state index contributed by atoms with van der Waals surface area (Å²) >= 11 is 1.04. The molecular weight excluding hydrogens is 184 g/mol. The summed E-state index contributed by atoms with van der Waals surface area (Å²) in [4.78, 5) is 0. The van der Waals surface area contributed by atoms with Crippen LogP contribution >= 0.6 is 11.7 Å². The van der Waals surface area contributed by atoms with Gasteiger partial charge in [0.05, 0.1) is 11.7 Å². The number of nitrogens with zero attached hydrogens (tertiary/aromatic N) is 2. The molecular formula is C9H8N2OS. The number of aromatic hydroxyl groups is 1. The SMILES string of the molecule is Oc1nsnc1Cc1ccccc1. The van der Waals surface area contributed by atoms with Gasteiger partial charge in [0.2, 0.25) is 5.88 Å². The third-order valence-corrected chi connectivity index (χ3v) is 2.31. The Hall–Kier alpha value is -1.42. The summed E-state index contributed by atoms with van der Waals surface area (Å²) in [7, 11) is 0. The van der Waals surface area contributed by atoms with Crippen LogP contribution in [0.1, 0.15) is 11.3 Å². The molecule has 0 aliphatic heterocycles. The number of aromatic nitrogens is 2. The number of rotatable bonds is 2. The minimum Gasteiger partial charge on any atom is -0.491 e. The highest BCUT2D eigenvalue weighted by molar-refractivity contribution is 6.99. The Bertz CT molecular complexity index is 386. The lowest BCUT2D eigenvalue weighted by atomic mass is 10.1. The molecule has 3 nitrogen and oxygen atoms in total. The van der Waals surface area contributed by atoms with Crippen molar-refractivity contribution in [3.05, 3.63) is 41.6 Å². The minimum atomic E-state index is 0.0499. The van der Waals surface area contributed by atoms with Crippen LogP contribution in [0.3, 0.4) is 0 Å². The second-order valence-electron chi connectivity index (χ2n) is 2.70. The topological polar surface area (TPSA) is 46.0 Å². The molecule has 0 unspecified atom stereocenters. The number of hydrogen-bond acceptors (Lipinski definition) is 4. The fraction of sp³-hybridized carbons (Fsp3) is 0.111. The van der Waals surface area contributed by atoms with Crippen LogP contribution in [0.4, 0.5) is 0 Å². The van der Waals surface area contributed by atoms with Crippen LogP contribution in [0.2, 0.25) is 0 Å². The highest BCUT2D eigenvalue weighted by atomic mass is 32.1. The molecule has 13 heavy (non-hydrogen) atoms. The lowest BCUT2D eigenvalue weighted by molar-refractivity contribution is 0.452. The molecule has 4 heteroatoms. The average molecular weight is 192 g/mol. The molecule has 0 spiro atoms. The van der Waals surface area contributed by atoms with Gasteiger partial charge in [-0.15, -0.1) is 4.37 Å². The van der Waals surface area contributed by atoms with E-state index in [0.29, 0.717) is 12.1 Å². The van der Waals surface area contributed by atoms with Crippen LogP contribution in [-0.2, 0) is 6.42 Å². The van der Waals surface area contributed by atoms with E-state index >= 15 is 0 Å². The van der Waals surface area contributed by atoms with Crippen molar-refractivity contribution in [1.82, 2.24) is 8.75 Å². The molecule has 0 fully saturated rings. The molecule has 1 N–H and O–H groups in total. The van der Waals surface area contributed by atoms with E-state index < -0.39 is 0 Å². The maximum Gasteiger partial charge on any atom is 0.246 e. The van der Waals surface area contributed by atoms with Crippen molar-refractivity contribution >= 4 is 11.7 Å². The molecule has 0 radical (unpaired) electrons. The maximum absolute atomic E-state index is 9.25. The van der Waals surface area contributed by atoms with Crippen LogP contribution < -0.4 is 0 Å². The molecule has 2 rings (SSSR count). The molecule has 0 aliphatic rings. The maximum atomic E-state index is 9.25. The van der Waals surface area contributed by atoms with E-state index in [1.54, 1.807) is 0 Å². The first-order chi connectivity index (χ1) is 6.36. The van der Waals surface area contributed by atoms with Crippen LogP contribution in [0.5, 0.6) is 5.88 Å². The number of hydrogen-bond donors (Lipinski definition) is 1. The van der Waals surface area contributed by atoms with Gasteiger partial charge in [-0.3, -0.25) is 0 Å². The third kappa shape index (κ3) is 1.84. The Morgan fingerprint density at radius 1 is 1.15 bits per heavy atom. The predicted molar refractivity (Wildman–Crippen MR) is 50.8 cm³/mol. The molecule has 0 atom stereocenters.